The molecule has 20 heavy (non-hydrogen) atoms. The van der Waals surface area contributed by atoms with Gasteiger partial charge in [0.15, 0.2) is 0 Å². The van der Waals surface area contributed by atoms with Gasteiger partial charge in [-0.25, -0.2) is 0 Å². The van der Waals surface area contributed by atoms with Gasteiger partial charge in [0.05, 0.1) is 25.0 Å². The number of hydrogen-bond acceptors (Lipinski definition) is 4. The van der Waals surface area contributed by atoms with E-state index >= 15 is 0 Å². The zero-order valence-corrected chi connectivity index (χ0v) is 12.7. The lowest BCUT2D eigenvalue weighted by atomic mass is 10.0. The first-order chi connectivity index (χ1) is 9.67. The summed E-state index contributed by atoms with van der Waals surface area (Å²) < 4.78 is 7.21. The first kappa shape index (κ1) is 14.8. The summed E-state index contributed by atoms with van der Waals surface area (Å²) in [5, 5.41) is 12.1. The monoisotopic (exact) mass is 294 g/mol. The molecule has 0 radical (unpaired) electrons. The number of hydrogen-bond donors (Lipinski definition) is 1. The average Bonchev–Trinajstić information content (AvgIpc) is 2.86. The molecule has 1 heterocycles. The second-order valence-electron chi connectivity index (χ2n) is 4.56. The molecule has 6 heteroatoms. The van der Waals surface area contributed by atoms with Crippen LogP contribution in [0.5, 0.6) is 5.75 Å². The number of aryl methyl sites for hydroxylation is 1. The Hall–Kier alpha value is -1.59. The van der Waals surface area contributed by atoms with Crippen LogP contribution in [0.4, 0.5) is 0 Å². The lowest BCUT2D eigenvalue weighted by molar-refractivity contribution is 0.402. The van der Waals surface area contributed by atoms with Gasteiger partial charge in [-0.1, -0.05) is 23.7 Å². The lowest BCUT2D eigenvalue weighted by Gasteiger charge is -2.21. The predicted molar refractivity (Wildman–Crippen MR) is 79.1 cm³/mol. The molecule has 2 rings (SSSR count). The van der Waals surface area contributed by atoms with E-state index < -0.39 is 0 Å². The van der Waals surface area contributed by atoms with Crippen molar-refractivity contribution in [3.63, 3.8) is 0 Å². The SMILES string of the molecule is CCCNC(c1cc(Cl)ccc1OC)c1cnnn1C. The predicted octanol–water partition coefficient (Wildman–Crippen LogP) is 2.57. The van der Waals surface area contributed by atoms with Gasteiger partial charge in [-0.3, -0.25) is 4.68 Å². The molecule has 0 amide bonds. The van der Waals surface area contributed by atoms with Crippen LogP contribution in [0.1, 0.15) is 30.6 Å². The number of aromatic nitrogens is 3. The molecule has 0 aliphatic heterocycles. The Labute approximate surface area is 123 Å². The minimum atomic E-state index is -0.0522. The van der Waals surface area contributed by atoms with Crippen molar-refractivity contribution >= 4 is 11.6 Å². The topological polar surface area (TPSA) is 52.0 Å². The number of ether oxygens (including phenoxy) is 1. The van der Waals surface area contributed by atoms with Crippen LogP contribution in [0.25, 0.3) is 0 Å². The van der Waals surface area contributed by atoms with Crippen LogP contribution in [0.15, 0.2) is 24.4 Å². The van der Waals surface area contributed by atoms with Crippen molar-refractivity contribution in [1.29, 1.82) is 0 Å². The van der Waals surface area contributed by atoms with Crippen LogP contribution in [0.3, 0.4) is 0 Å². The highest BCUT2D eigenvalue weighted by Gasteiger charge is 2.21. The number of benzene rings is 1. The highest BCUT2D eigenvalue weighted by Crippen LogP contribution is 2.31. The van der Waals surface area contributed by atoms with E-state index in [2.05, 4.69) is 22.6 Å². The first-order valence-corrected chi connectivity index (χ1v) is 6.96. The van der Waals surface area contributed by atoms with Crippen molar-refractivity contribution in [2.24, 2.45) is 7.05 Å². The molecule has 0 saturated heterocycles. The van der Waals surface area contributed by atoms with Crippen LogP contribution in [0.2, 0.25) is 5.02 Å². The molecular weight excluding hydrogens is 276 g/mol. The highest BCUT2D eigenvalue weighted by atomic mass is 35.5. The van der Waals surface area contributed by atoms with Gasteiger partial charge in [0, 0.05) is 17.6 Å². The maximum atomic E-state index is 6.13. The van der Waals surface area contributed by atoms with Crippen LogP contribution in [-0.2, 0) is 7.05 Å². The second kappa shape index (κ2) is 6.72. The summed E-state index contributed by atoms with van der Waals surface area (Å²) in [5.74, 6) is 0.796. The first-order valence-electron chi connectivity index (χ1n) is 6.58. The molecule has 1 N–H and O–H groups in total. The van der Waals surface area contributed by atoms with E-state index in [9.17, 15) is 0 Å². The summed E-state index contributed by atoms with van der Waals surface area (Å²) in [6, 6.07) is 5.56. The zero-order chi connectivity index (χ0) is 14.5. The third-order valence-corrected chi connectivity index (χ3v) is 3.38. The molecule has 5 nitrogen and oxygen atoms in total. The molecule has 1 aromatic carbocycles. The van der Waals surface area contributed by atoms with Gasteiger partial charge in [0.1, 0.15) is 5.75 Å². The third kappa shape index (κ3) is 3.11. The molecule has 0 bridgehead atoms. The minimum Gasteiger partial charge on any atom is -0.496 e. The van der Waals surface area contributed by atoms with E-state index in [-0.39, 0.29) is 6.04 Å². The number of halogens is 1. The summed E-state index contributed by atoms with van der Waals surface area (Å²) >= 11 is 6.13. The molecule has 1 unspecified atom stereocenters. The number of rotatable bonds is 6. The average molecular weight is 295 g/mol. The maximum Gasteiger partial charge on any atom is 0.124 e. The van der Waals surface area contributed by atoms with Crippen molar-refractivity contribution in [1.82, 2.24) is 20.3 Å². The number of nitrogens with one attached hydrogen (secondary N) is 1. The Morgan fingerprint density at radius 1 is 1.45 bits per heavy atom. The Bertz CT molecular complexity index is 570. The summed E-state index contributed by atoms with van der Waals surface area (Å²) in [7, 11) is 3.53. The molecule has 0 saturated carbocycles. The summed E-state index contributed by atoms with van der Waals surface area (Å²) in [4.78, 5) is 0. The summed E-state index contributed by atoms with van der Waals surface area (Å²) in [6.45, 7) is 3.01. The fourth-order valence-electron chi connectivity index (χ4n) is 2.15. The van der Waals surface area contributed by atoms with Crippen molar-refractivity contribution in [3.8, 4) is 5.75 Å². The molecule has 0 aliphatic carbocycles. The van der Waals surface area contributed by atoms with Crippen LogP contribution >= 0.6 is 11.6 Å². The fourth-order valence-corrected chi connectivity index (χ4v) is 2.33. The Kier molecular flexibility index (Phi) is 4.98. The normalized spacial score (nSPS) is 12.4. The van der Waals surface area contributed by atoms with Gasteiger partial charge in [-0.15, -0.1) is 5.10 Å². The standard InChI is InChI=1S/C14H19ClN4O/c1-4-7-16-14(12-9-17-18-19(12)2)11-8-10(15)5-6-13(11)20-3/h5-6,8-9,14,16H,4,7H2,1-3H3. The smallest absolute Gasteiger partial charge is 0.124 e. The molecular formula is C14H19ClN4O. The van der Waals surface area contributed by atoms with E-state index in [0.29, 0.717) is 5.02 Å². The van der Waals surface area contributed by atoms with Crippen molar-refractivity contribution < 1.29 is 4.74 Å². The van der Waals surface area contributed by atoms with Crippen LogP contribution < -0.4 is 10.1 Å². The molecule has 2 aromatic rings. The van der Waals surface area contributed by atoms with Gasteiger partial charge in [-0.2, -0.15) is 0 Å². The molecule has 0 fully saturated rings. The molecule has 108 valence electrons. The molecule has 0 aliphatic rings. The summed E-state index contributed by atoms with van der Waals surface area (Å²) in [5.41, 5.74) is 1.96. The zero-order valence-electron chi connectivity index (χ0n) is 11.9. The lowest BCUT2D eigenvalue weighted by Crippen LogP contribution is -2.25. The number of nitrogens with zero attached hydrogens (tertiary/aromatic N) is 3. The Morgan fingerprint density at radius 2 is 2.25 bits per heavy atom. The molecule has 0 spiro atoms. The van der Waals surface area contributed by atoms with Gasteiger partial charge in [-0.05, 0) is 31.2 Å². The van der Waals surface area contributed by atoms with Crippen molar-refractivity contribution in [3.05, 3.63) is 40.7 Å². The molecule has 1 atom stereocenters. The van der Waals surface area contributed by atoms with E-state index in [1.165, 1.54) is 0 Å². The quantitative estimate of drug-likeness (QED) is 0.889. The fraction of sp³-hybridized carbons (Fsp3) is 0.429. The third-order valence-electron chi connectivity index (χ3n) is 3.15. The van der Waals surface area contributed by atoms with Gasteiger partial charge < -0.3 is 10.1 Å². The molecule has 1 aromatic heterocycles. The van der Waals surface area contributed by atoms with Crippen molar-refractivity contribution in [2.45, 2.75) is 19.4 Å². The Balaban J connectivity index is 2.46. The second-order valence-corrected chi connectivity index (χ2v) is 4.99. The van der Waals surface area contributed by atoms with Crippen molar-refractivity contribution in [2.75, 3.05) is 13.7 Å². The summed E-state index contributed by atoms with van der Waals surface area (Å²) in [6.07, 6.45) is 2.79. The van der Waals surface area contributed by atoms with Gasteiger partial charge in [0.25, 0.3) is 0 Å². The highest BCUT2D eigenvalue weighted by molar-refractivity contribution is 6.30. The van der Waals surface area contributed by atoms with Gasteiger partial charge >= 0.3 is 0 Å². The van der Waals surface area contributed by atoms with Crippen LogP contribution in [0, 0.1) is 0 Å². The Morgan fingerprint density at radius 3 is 2.85 bits per heavy atom. The van der Waals surface area contributed by atoms with E-state index in [4.69, 9.17) is 16.3 Å². The minimum absolute atomic E-state index is 0.0522. The van der Waals surface area contributed by atoms with Gasteiger partial charge in [0.2, 0.25) is 0 Å². The van der Waals surface area contributed by atoms with E-state index in [0.717, 1.165) is 30.0 Å². The van der Waals surface area contributed by atoms with Crippen LogP contribution in [-0.4, -0.2) is 28.6 Å². The maximum absolute atomic E-state index is 6.13. The van der Waals surface area contributed by atoms with E-state index in [1.807, 2.05) is 25.2 Å². The largest absolute Gasteiger partial charge is 0.496 e. The number of methoxy groups -OCH3 is 1. The van der Waals surface area contributed by atoms with E-state index in [1.54, 1.807) is 18.0 Å².